The molecule has 0 spiro atoms. The van der Waals surface area contributed by atoms with Gasteiger partial charge in [-0.05, 0) is 37.1 Å². The number of aliphatic carboxylic acids is 1. The summed E-state index contributed by atoms with van der Waals surface area (Å²) in [5.41, 5.74) is 1.91. The number of methoxy groups -OCH3 is 1. The zero-order chi connectivity index (χ0) is 17.1. The maximum Gasteiger partial charge on any atom is 0.305 e. The van der Waals surface area contributed by atoms with Crippen molar-refractivity contribution in [2.45, 2.75) is 25.3 Å². The fraction of sp³-hybridized carbons (Fsp3) is 0.353. The van der Waals surface area contributed by atoms with E-state index in [1.54, 1.807) is 12.0 Å². The van der Waals surface area contributed by atoms with Crippen LogP contribution in [0.4, 0.5) is 0 Å². The number of H-pyrrole nitrogens is 1. The third kappa shape index (κ3) is 3.10. The molecule has 0 aliphatic carbocycles. The van der Waals surface area contributed by atoms with Crippen molar-refractivity contribution < 1.29 is 19.4 Å². The molecule has 2 N–H and O–H groups in total. The molecule has 0 bridgehead atoms. The highest BCUT2D eigenvalue weighted by Crippen LogP contribution is 2.28. The Bertz CT molecular complexity index is 739. The maximum absolute atomic E-state index is 12.9. The molecule has 0 saturated carbocycles. The molecule has 1 atom stereocenters. The number of nitrogens with one attached hydrogen (secondary N) is 1. The van der Waals surface area contributed by atoms with Crippen LogP contribution in [0.2, 0.25) is 0 Å². The Balaban J connectivity index is 1.86. The zero-order valence-corrected chi connectivity index (χ0v) is 13.4. The molecule has 1 aliphatic rings. The van der Waals surface area contributed by atoms with Crippen molar-refractivity contribution in [1.29, 1.82) is 0 Å². The number of aromatic nitrogens is 2. The van der Waals surface area contributed by atoms with E-state index in [1.807, 2.05) is 24.3 Å². The fourth-order valence-electron chi connectivity index (χ4n) is 3.10. The largest absolute Gasteiger partial charge is 0.497 e. The highest BCUT2D eigenvalue weighted by molar-refractivity contribution is 6.00. The summed E-state index contributed by atoms with van der Waals surface area (Å²) in [4.78, 5) is 25.5. The number of ether oxygens (including phenoxy) is 1. The van der Waals surface area contributed by atoms with E-state index in [-0.39, 0.29) is 18.4 Å². The minimum Gasteiger partial charge on any atom is -0.497 e. The number of nitrogens with zero attached hydrogens (tertiary/aromatic N) is 2. The van der Waals surface area contributed by atoms with Crippen LogP contribution in [0.3, 0.4) is 0 Å². The van der Waals surface area contributed by atoms with Gasteiger partial charge in [0.1, 0.15) is 5.75 Å². The quantitative estimate of drug-likeness (QED) is 0.876. The Morgan fingerprint density at radius 3 is 2.79 bits per heavy atom. The lowest BCUT2D eigenvalue weighted by Gasteiger charge is -2.23. The van der Waals surface area contributed by atoms with Crippen LogP contribution < -0.4 is 4.74 Å². The molecule has 1 aromatic carbocycles. The second-order valence-electron chi connectivity index (χ2n) is 5.78. The Morgan fingerprint density at radius 2 is 2.12 bits per heavy atom. The second kappa shape index (κ2) is 6.74. The van der Waals surface area contributed by atoms with Crippen LogP contribution in [0.1, 0.15) is 29.6 Å². The summed E-state index contributed by atoms with van der Waals surface area (Å²) in [6.45, 7) is 0.573. The molecule has 1 amide bonds. The maximum atomic E-state index is 12.9. The van der Waals surface area contributed by atoms with Crippen molar-refractivity contribution >= 4 is 11.9 Å². The topological polar surface area (TPSA) is 95.5 Å². The van der Waals surface area contributed by atoms with Gasteiger partial charge in [-0.1, -0.05) is 0 Å². The number of hydrogen-bond donors (Lipinski definition) is 2. The second-order valence-corrected chi connectivity index (χ2v) is 5.78. The van der Waals surface area contributed by atoms with Crippen LogP contribution >= 0.6 is 0 Å². The van der Waals surface area contributed by atoms with Crippen molar-refractivity contribution in [2.75, 3.05) is 13.7 Å². The molecule has 7 heteroatoms. The van der Waals surface area contributed by atoms with Gasteiger partial charge in [-0.3, -0.25) is 14.7 Å². The average Bonchev–Trinajstić information content (AvgIpc) is 3.23. The number of hydrogen-bond acceptors (Lipinski definition) is 4. The van der Waals surface area contributed by atoms with Gasteiger partial charge in [-0.2, -0.15) is 5.10 Å². The normalized spacial score (nSPS) is 17.0. The van der Waals surface area contributed by atoms with E-state index >= 15 is 0 Å². The van der Waals surface area contributed by atoms with Crippen molar-refractivity contribution in [2.24, 2.45) is 0 Å². The van der Waals surface area contributed by atoms with Crippen molar-refractivity contribution in [1.82, 2.24) is 15.1 Å². The number of carboxylic acids is 1. The molecule has 1 aliphatic heterocycles. The summed E-state index contributed by atoms with van der Waals surface area (Å²) in [7, 11) is 1.59. The number of carbonyl (C=O) groups excluding carboxylic acids is 1. The molecule has 1 saturated heterocycles. The first-order chi connectivity index (χ1) is 11.6. The van der Waals surface area contributed by atoms with E-state index < -0.39 is 5.97 Å². The molecule has 1 unspecified atom stereocenters. The molecule has 1 aromatic heterocycles. The average molecular weight is 329 g/mol. The first-order valence-electron chi connectivity index (χ1n) is 7.80. The van der Waals surface area contributed by atoms with Crippen LogP contribution in [-0.4, -0.2) is 51.8 Å². The smallest absolute Gasteiger partial charge is 0.305 e. The van der Waals surface area contributed by atoms with E-state index in [0.717, 1.165) is 17.7 Å². The molecular weight excluding hydrogens is 310 g/mol. The monoisotopic (exact) mass is 329 g/mol. The molecule has 24 heavy (non-hydrogen) atoms. The Kier molecular flexibility index (Phi) is 4.50. The van der Waals surface area contributed by atoms with Crippen LogP contribution in [0.25, 0.3) is 11.3 Å². The van der Waals surface area contributed by atoms with Gasteiger partial charge in [-0.25, -0.2) is 0 Å². The summed E-state index contributed by atoms with van der Waals surface area (Å²) in [5.74, 6) is -0.340. The number of likely N-dealkylation sites (tertiary alicyclic amines) is 1. The van der Waals surface area contributed by atoms with E-state index in [4.69, 9.17) is 9.84 Å². The minimum absolute atomic E-state index is 0.0263. The van der Waals surface area contributed by atoms with E-state index in [2.05, 4.69) is 10.2 Å². The van der Waals surface area contributed by atoms with E-state index in [9.17, 15) is 9.59 Å². The van der Waals surface area contributed by atoms with Gasteiger partial charge in [0, 0.05) is 18.2 Å². The molecule has 126 valence electrons. The van der Waals surface area contributed by atoms with Crippen molar-refractivity contribution in [3.05, 3.63) is 36.0 Å². The van der Waals surface area contributed by atoms with Crippen LogP contribution in [0.15, 0.2) is 30.5 Å². The predicted octanol–water partition coefficient (Wildman–Crippen LogP) is 2.16. The minimum atomic E-state index is -0.887. The molecule has 7 nitrogen and oxygen atoms in total. The summed E-state index contributed by atoms with van der Waals surface area (Å²) in [6, 6.07) is 7.07. The van der Waals surface area contributed by atoms with E-state index in [1.165, 1.54) is 6.20 Å². The number of amides is 1. The van der Waals surface area contributed by atoms with Gasteiger partial charge < -0.3 is 14.7 Å². The molecule has 1 fully saturated rings. The summed E-state index contributed by atoms with van der Waals surface area (Å²) in [6.07, 6.45) is 3.01. The SMILES string of the molecule is COc1ccc(-c2[nH]ncc2C(=O)N2CCCC2CC(=O)O)cc1. The van der Waals surface area contributed by atoms with Gasteiger partial charge in [-0.15, -0.1) is 0 Å². The van der Waals surface area contributed by atoms with Gasteiger partial charge in [0.15, 0.2) is 0 Å². The summed E-state index contributed by atoms with van der Waals surface area (Å²) < 4.78 is 5.14. The third-order valence-corrected chi connectivity index (χ3v) is 4.30. The lowest BCUT2D eigenvalue weighted by atomic mass is 10.1. The van der Waals surface area contributed by atoms with Gasteiger partial charge in [0.2, 0.25) is 0 Å². The first kappa shape index (κ1) is 16.0. The zero-order valence-electron chi connectivity index (χ0n) is 13.4. The lowest BCUT2D eigenvalue weighted by molar-refractivity contribution is -0.137. The molecule has 0 radical (unpaired) electrons. The molecule has 2 heterocycles. The number of rotatable bonds is 5. The number of benzene rings is 1. The molecule has 2 aromatic rings. The van der Waals surface area contributed by atoms with Gasteiger partial charge in [0.25, 0.3) is 5.91 Å². The number of carbonyl (C=O) groups is 2. The Labute approximate surface area is 139 Å². The van der Waals surface area contributed by atoms with E-state index in [0.29, 0.717) is 24.2 Å². The van der Waals surface area contributed by atoms with Crippen molar-refractivity contribution in [3.8, 4) is 17.0 Å². The lowest BCUT2D eigenvalue weighted by Crippen LogP contribution is -2.36. The van der Waals surface area contributed by atoms with Crippen LogP contribution in [0.5, 0.6) is 5.75 Å². The Hall–Kier alpha value is -2.83. The van der Waals surface area contributed by atoms with Gasteiger partial charge in [0.05, 0.1) is 31.0 Å². The molecular formula is C17H19N3O4. The number of carboxylic acid groups (broad SMARTS) is 1. The third-order valence-electron chi connectivity index (χ3n) is 4.30. The summed E-state index contributed by atoms with van der Waals surface area (Å²) in [5, 5.41) is 15.9. The highest BCUT2D eigenvalue weighted by atomic mass is 16.5. The van der Waals surface area contributed by atoms with Gasteiger partial charge >= 0.3 is 5.97 Å². The predicted molar refractivity (Wildman–Crippen MR) is 86.9 cm³/mol. The van der Waals surface area contributed by atoms with Crippen molar-refractivity contribution in [3.63, 3.8) is 0 Å². The van der Waals surface area contributed by atoms with Crippen LogP contribution in [0, 0.1) is 0 Å². The standard InChI is InChI=1S/C17H19N3O4/c1-24-13-6-4-11(5-7-13)16-14(10-18-19-16)17(23)20-8-2-3-12(20)9-15(21)22/h4-7,10,12H,2-3,8-9H2,1H3,(H,18,19)(H,21,22). The van der Waals surface area contributed by atoms with Crippen LogP contribution in [-0.2, 0) is 4.79 Å². The highest BCUT2D eigenvalue weighted by Gasteiger charge is 2.32. The first-order valence-corrected chi connectivity index (χ1v) is 7.80. The summed E-state index contributed by atoms with van der Waals surface area (Å²) >= 11 is 0. The Morgan fingerprint density at radius 1 is 1.38 bits per heavy atom. The molecule has 3 rings (SSSR count). The fourth-order valence-corrected chi connectivity index (χ4v) is 3.10. The number of aromatic amines is 1.